The molecule has 5 nitrogen and oxygen atoms in total. The number of piperidine rings is 1. The van der Waals surface area contributed by atoms with E-state index in [1.165, 1.54) is 50.9 Å². The highest BCUT2D eigenvalue weighted by Gasteiger charge is 2.41. The average molecular weight is 618 g/mol. The van der Waals surface area contributed by atoms with Crippen LogP contribution in [0.15, 0.2) is 95.9 Å². The summed E-state index contributed by atoms with van der Waals surface area (Å²) in [6, 6.07) is 26.0. The van der Waals surface area contributed by atoms with Gasteiger partial charge in [0.25, 0.3) is 5.92 Å². The minimum Gasteiger partial charge on any atom is -0.490 e. The van der Waals surface area contributed by atoms with E-state index in [2.05, 4.69) is 16.7 Å². The number of ether oxygens (including phenoxy) is 1. The van der Waals surface area contributed by atoms with Crippen LogP contribution in [0.3, 0.4) is 0 Å². The van der Waals surface area contributed by atoms with Gasteiger partial charge in [-0.25, -0.2) is 4.72 Å². The Balaban J connectivity index is 0.000000418. The van der Waals surface area contributed by atoms with Crippen molar-refractivity contribution in [1.29, 1.82) is 0 Å². The lowest BCUT2D eigenvalue weighted by Gasteiger charge is -2.25. The van der Waals surface area contributed by atoms with Gasteiger partial charge in [-0.15, -0.1) is 0 Å². The van der Waals surface area contributed by atoms with Crippen molar-refractivity contribution in [3.8, 4) is 16.9 Å². The molecule has 0 amide bonds. The van der Waals surface area contributed by atoms with Gasteiger partial charge in [0.05, 0.1) is 6.10 Å². The molecule has 1 aliphatic carbocycles. The largest absolute Gasteiger partial charge is 0.490 e. The number of alkyl halides is 2. The van der Waals surface area contributed by atoms with Gasteiger partial charge in [-0.05, 0) is 123 Å². The first-order chi connectivity index (χ1) is 21.3. The number of carbonyl (C=O) groups excluding carboxylic acids is 1. The highest BCUT2D eigenvalue weighted by atomic mass is 32.2. The molecule has 1 saturated heterocycles. The van der Waals surface area contributed by atoms with E-state index in [4.69, 9.17) is 10.5 Å². The van der Waals surface area contributed by atoms with E-state index in [0.29, 0.717) is 11.6 Å². The van der Waals surface area contributed by atoms with Crippen LogP contribution in [-0.2, 0) is 10.7 Å². The third-order valence-electron chi connectivity index (χ3n) is 8.34. The maximum Gasteiger partial charge on any atom is 0.295 e. The Hall–Kier alpha value is -3.30. The first-order valence-electron chi connectivity index (χ1n) is 15.4. The van der Waals surface area contributed by atoms with Gasteiger partial charge in [-0.2, -0.15) is 8.78 Å². The molecular formula is C36H41F2N3O2S. The van der Waals surface area contributed by atoms with Gasteiger partial charge in [0, 0.05) is 16.5 Å². The quantitative estimate of drug-likeness (QED) is 0.147. The Morgan fingerprint density at radius 3 is 2.27 bits per heavy atom. The lowest BCUT2D eigenvalue weighted by Crippen LogP contribution is -2.41. The lowest BCUT2D eigenvalue weighted by molar-refractivity contribution is -0.119. The fourth-order valence-corrected chi connectivity index (χ4v) is 6.39. The minimum absolute atomic E-state index is 0.206. The van der Waals surface area contributed by atoms with E-state index in [1.54, 1.807) is 12.1 Å². The second-order valence-corrected chi connectivity index (χ2v) is 12.7. The fourth-order valence-electron chi connectivity index (χ4n) is 5.60. The summed E-state index contributed by atoms with van der Waals surface area (Å²) in [6.45, 7) is 2.36. The Morgan fingerprint density at radius 2 is 1.57 bits per heavy atom. The molecule has 8 heteroatoms. The SMILES string of the molecule is CN1CCC(N)CC1.O=CC(NSc1ccc2cc(OC3CCCC3)ccc2c1)C(F)(F)c1cccc(-c2ccccc2)c1. The van der Waals surface area contributed by atoms with Crippen LogP contribution in [0.25, 0.3) is 21.9 Å². The van der Waals surface area contributed by atoms with Crippen molar-refractivity contribution in [3.05, 3.63) is 96.6 Å². The molecule has 0 aromatic heterocycles. The summed E-state index contributed by atoms with van der Waals surface area (Å²) in [5.74, 6) is -2.53. The molecule has 1 heterocycles. The van der Waals surface area contributed by atoms with Gasteiger partial charge < -0.3 is 20.2 Å². The molecule has 4 aromatic rings. The topological polar surface area (TPSA) is 67.6 Å². The zero-order valence-electron chi connectivity index (χ0n) is 25.1. The molecule has 1 saturated carbocycles. The number of hydrogen-bond donors (Lipinski definition) is 2. The Morgan fingerprint density at radius 1 is 0.886 bits per heavy atom. The van der Waals surface area contributed by atoms with Crippen LogP contribution < -0.4 is 15.2 Å². The second kappa shape index (κ2) is 15.1. The molecule has 1 unspecified atom stereocenters. The summed E-state index contributed by atoms with van der Waals surface area (Å²) < 4.78 is 39.5. The molecule has 6 rings (SSSR count). The number of hydrogen-bond acceptors (Lipinski definition) is 6. The smallest absolute Gasteiger partial charge is 0.295 e. The molecule has 3 N–H and O–H groups in total. The number of nitrogens with one attached hydrogen (secondary N) is 1. The van der Waals surface area contributed by atoms with Crippen LogP contribution >= 0.6 is 11.9 Å². The molecule has 4 aromatic carbocycles. The van der Waals surface area contributed by atoms with E-state index in [9.17, 15) is 4.79 Å². The maximum absolute atomic E-state index is 15.4. The molecule has 1 aliphatic heterocycles. The van der Waals surface area contributed by atoms with Gasteiger partial charge in [-0.1, -0.05) is 60.7 Å². The first kappa shape index (κ1) is 32.1. The van der Waals surface area contributed by atoms with Crippen molar-refractivity contribution < 1.29 is 18.3 Å². The number of fused-ring (bicyclic) bond motifs is 1. The molecule has 2 fully saturated rings. The van der Waals surface area contributed by atoms with E-state index in [1.807, 2.05) is 66.7 Å². The zero-order chi connectivity index (χ0) is 30.9. The second-order valence-electron chi connectivity index (χ2n) is 11.7. The number of carbonyl (C=O) groups is 1. The number of rotatable bonds is 9. The maximum atomic E-state index is 15.4. The lowest BCUT2D eigenvalue weighted by atomic mass is 9.97. The monoisotopic (exact) mass is 617 g/mol. The standard InChI is InChI=1S/C30H27F2NO2S.C6H14N2/c31-30(32,25-10-6-9-22(17-25)21-7-2-1-3-8-21)29(20-34)33-36-28-16-14-23-18-27(15-13-24(23)19-28)35-26-11-4-5-12-26;1-8-4-2-6(7)3-5-8/h1-3,6-10,13-20,26,29,33H,4-5,11-12H2;6H,2-5,7H2,1H3. The zero-order valence-corrected chi connectivity index (χ0v) is 25.9. The van der Waals surface area contributed by atoms with Crippen molar-refractivity contribution in [1.82, 2.24) is 9.62 Å². The van der Waals surface area contributed by atoms with Crippen LogP contribution in [0, 0.1) is 0 Å². The highest BCUT2D eigenvalue weighted by molar-refractivity contribution is 7.97. The van der Waals surface area contributed by atoms with Gasteiger partial charge in [0.1, 0.15) is 18.1 Å². The number of nitrogens with two attached hydrogens (primary N) is 1. The van der Waals surface area contributed by atoms with Crippen molar-refractivity contribution in [3.63, 3.8) is 0 Å². The number of halogens is 2. The molecule has 2 aliphatic rings. The third-order valence-corrected chi connectivity index (χ3v) is 9.20. The van der Waals surface area contributed by atoms with Gasteiger partial charge in [-0.3, -0.25) is 0 Å². The predicted octanol–water partition coefficient (Wildman–Crippen LogP) is 7.82. The molecule has 1 atom stereocenters. The first-order valence-corrected chi connectivity index (χ1v) is 16.2. The number of likely N-dealkylation sites (tertiary alicyclic amines) is 1. The van der Waals surface area contributed by atoms with E-state index < -0.39 is 12.0 Å². The minimum atomic E-state index is -3.39. The van der Waals surface area contributed by atoms with E-state index in [0.717, 1.165) is 51.8 Å². The van der Waals surface area contributed by atoms with Gasteiger partial charge in [0.2, 0.25) is 0 Å². The molecule has 0 spiro atoms. The van der Waals surface area contributed by atoms with Crippen molar-refractivity contribution in [2.75, 3.05) is 20.1 Å². The Bertz CT molecular complexity index is 1500. The van der Waals surface area contributed by atoms with Crippen LogP contribution in [0.4, 0.5) is 8.78 Å². The van der Waals surface area contributed by atoms with Crippen LogP contribution in [0.2, 0.25) is 0 Å². The normalized spacial score (nSPS) is 17.2. The molecule has 44 heavy (non-hydrogen) atoms. The molecule has 232 valence electrons. The summed E-state index contributed by atoms with van der Waals surface area (Å²) in [6.07, 6.45) is 7.53. The van der Waals surface area contributed by atoms with E-state index in [-0.39, 0.29) is 18.0 Å². The van der Waals surface area contributed by atoms with Crippen molar-refractivity contribution in [2.45, 2.75) is 67.5 Å². The number of nitrogens with zero attached hydrogens (tertiary/aromatic N) is 1. The summed E-state index contributed by atoms with van der Waals surface area (Å²) >= 11 is 1.03. The third kappa shape index (κ3) is 8.45. The average Bonchev–Trinajstić information content (AvgIpc) is 3.56. The molecule has 0 radical (unpaired) electrons. The Labute approximate surface area is 263 Å². The fraction of sp³-hybridized carbons (Fsp3) is 0.361. The number of aldehydes is 1. The van der Waals surface area contributed by atoms with Crippen LogP contribution in [0.1, 0.15) is 44.1 Å². The molecule has 0 bridgehead atoms. The summed E-state index contributed by atoms with van der Waals surface area (Å²) in [7, 11) is 2.14. The van der Waals surface area contributed by atoms with Crippen molar-refractivity contribution >= 4 is 29.0 Å². The number of benzene rings is 4. The van der Waals surface area contributed by atoms with Gasteiger partial charge in [0.15, 0.2) is 0 Å². The van der Waals surface area contributed by atoms with Gasteiger partial charge >= 0.3 is 0 Å². The highest BCUT2D eigenvalue weighted by Crippen LogP contribution is 2.35. The summed E-state index contributed by atoms with van der Waals surface area (Å²) in [4.78, 5) is 14.8. The van der Waals surface area contributed by atoms with Crippen molar-refractivity contribution in [2.24, 2.45) is 5.73 Å². The van der Waals surface area contributed by atoms with Crippen LogP contribution in [0.5, 0.6) is 5.75 Å². The van der Waals surface area contributed by atoms with E-state index >= 15 is 8.78 Å². The van der Waals surface area contributed by atoms with Crippen LogP contribution in [-0.4, -0.2) is 49.5 Å². The Kier molecular flexibility index (Phi) is 11.0. The summed E-state index contributed by atoms with van der Waals surface area (Å²) in [5.41, 5.74) is 6.98. The predicted molar refractivity (Wildman–Crippen MR) is 176 cm³/mol. The summed E-state index contributed by atoms with van der Waals surface area (Å²) in [5, 5.41) is 2.00. The molecular weight excluding hydrogens is 576 g/mol.